The number of carbonyl (C=O) groups is 1. The number of rotatable bonds is 5. The molecule has 0 saturated carbocycles. The average Bonchev–Trinajstić information content (AvgIpc) is 2.87. The summed E-state index contributed by atoms with van der Waals surface area (Å²) in [6.45, 7) is 11.9. The van der Waals surface area contributed by atoms with Crippen molar-refractivity contribution in [2.24, 2.45) is 0 Å². The van der Waals surface area contributed by atoms with Crippen molar-refractivity contribution in [1.82, 2.24) is 15.1 Å². The van der Waals surface area contributed by atoms with Gasteiger partial charge in [0.05, 0.1) is 17.3 Å². The molecule has 124 valence electrons. The van der Waals surface area contributed by atoms with Crippen LogP contribution in [0.15, 0.2) is 30.5 Å². The van der Waals surface area contributed by atoms with Gasteiger partial charge in [-0.25, -0.2) is 0 Å². The van der Waals surface area contributed by atoms with E-state index in [2.05, 4.69) is 43.4 Å². The molecule has 23 heavy (non-hydrogen) atoms. The van der Waals surface area contributed by atoms with E-state index in [4.69, 9.17) is 0 Å². The quantitative estimate of drug-likeness (QED) is 0.890. The van der Waals surface area contributed by atoms with Crippen LogP contribution < -0.4 is 10.6 Å². The summed E-state index contributed by atoms with van der Waals surface area (Å²) in [6.07, 6.45) is 1.64. The Kier molecular flexibility index (Phi) is 5.21. The number of nitrogens with zero attached hydrogens (tertiary/aromatic N) is 2. The van der Waals surface area contributed by atoms with Crippen LogP contribution in [0, 0.1) is 6.92 Å². The number of hydrogen-bond donors (Lipinski definition) is 2. The van der Waals surface area contributed by atoms with Gasteiger partial charge in [0.1, 0.15) is 0 Å². The Balaban J connectivity index is 2.15. The second kappa shape index (κ2) is 6.96. The monoisotopic (exact) mass is 314 g/mol. The van der Waals surface area contributed by atoms with E-state index in [1.54, 1.807) is 6.20 Å². The number of benzene rings is 1. The molecule has 1 amide bonds. The Morgan fingerprint density at radius 3 is 2.65 bits per heavy atom. The van der Waals surface area contributed by atoms with Gasteiger partial charge in [0.15, 0.2) is 0 Å². The highest BCUT2D eigenvalue weighted by Crippen LogP contribution is 2.19. The molecule has 1 heterocycles. The highest BCUT2D eigenvalue weighted by molar-refractivity contribution is 6.04. The van der Waals surface area contributed by atoms with Crippen molar-refractivity contribution in [2.75, 3.05) is 11.9 Å². The average molecular weight is 314 g/mol. The van der Waals surface area contributed by atoms with Gasteiger partial charge >= 0.3 is 0 Å². The molecule has 0 spiro atoms. The van der Waals surface area contributed by atoms with E-state index in [9.17, 15) is 4.79 Å². The molecule has 5 heteroatoms. The zero-order chi connectivity index (χ0) is 17.0. The third-order valence-corrected chi connectivity index (χ3v) is 3.65. The van der Waals surface area contributed by atoms with Crippen molar-refractivity contribution >= 4 is 11.6 Å². The fraction of sp³-hybridized carbons (Fsp3) is 0.444. The number of carbonyl (C=O) groups excluding carboxylic acids is 1. The summed E-state index contributed by atoms with van der Waals surface area (Å²) < 4.78 is 1.88. The second-order valence-corrected chi connectivity index (χ2v) is 6.66. The Morgan fingerprint density at radius 1 is 1.30 bits per heavy atom. The van der Waals surface area contributed by atoms with Crippen LogP contribution in [-0.2, 0) is 12.1 Å². The topological polar surface area (TPSA) is 58.9 Å². The van der Waals surface area contributed by atoms with Gasteiger partial charge in [-0.05, 0) is 51.9 Å². The predicted molar refractivity (Wildman–Crippen MR) is 93.7 cm³/mol. The SMILES string of the molecule is CCNCc1cccc(NC(=O)c2cnn(C(C)(C)C)c2C)c1. The van der Waals surface area contributed by atoms with Gasteiger partial charge in [-0.1, -0.05) is 19.1 Å². The van der Waals surface area contributed by atoms with Crippen LogP contribution in [0.1, 0.15) is 49.3 Å². The molecule has 2 aromatic rings. The van der Waals surface area contributed by atoms with Crippen molar-refractivity contribution in [3.05, 3.63) is 47.3 Å². The van der Waals surface area contributed by atoms with Crippen molar-refractivity contribution in [2.45, 2.75) is 46.7 Å². The molecule has 0 aliphatic heterocycles. The van der Waals surface area contributed by atoms with Crippen molar-refractivity contribution in [3.63, 3.8) is 0 Å². The van der Waals surface area contributed by atoms with E-state index in [1.807, 2.05) is 35.9 Å². The maximum Gasteiger partial charge on any atom is 0.259 e. The van der Waals surface area contributed by atoms with E-state index in [1.165, 1.54) is 0 Å². The van der Waals surface area contributed by atoms with E-state index in [0.29, 0.717) is 5.56 Å². The molecule has 0 saturated heterocycles. The summed E-state index contributed by atoms with van der Waals surface area (Å²) in [6, 6.07) is 7.88. The molecule has 1 aromatic heterocycles. The molecule has 1 aromatic carbocycles. The molecule has 2 N–H and O–H groups in total. The first kappa shape index (κ1) is 17.2. The summed E-state index contributed by atoms with van der Waals surface area (Å²) >= 11 is 0. The number of anilines is 1. The summed E-state index contributed by atoms with van der Waals surface area (Å²) in [5, 5.41) is 10.6. The molecule has 0 atom stereocenters. The minimum Gasteiger partial charge on any atom is -0.322 e. The first-order valence-electron chi connectivity index (χ1n) is 7.99. The van der Waals surface area contributed by atoms with Gasteiger partial charge in [0.25, 0.3) is 5.91 Å². The van der Waals surface area contributed by atoms with Crippen LogP contribution >= 0.6 is 0 Å². The van der Waals surface area contributed by atoms with Crippen LogP contribution in [0.4, 0.5) is 5.69 Å². The van der Waals surface area contributed by atoms with Crippen LogP contribution in [0.5, 0.6) is 0 Å². The van der Waals surface area contributed by atoms with Gasteiger partial charge in [-0.2, -0.15) is 5.10 Å². The van der Waals surface area contributed by atoms with Gasteiger partial charge in [0.2, 0.25) is 0 Å². The smallest absolute Gasteiger partial charge is 0.259 e. The molecule has 0 aliphatic carbocycles. The van der Waals surface area contributed by atoms with Crippen LogP contribution in [0.3, 0.4) is 0 Å². The highest BCUT2D eigenvalue weighted by Gasteiger charge is 2.21. The van der Waals surface area contributed by atoms with Crippen molar-refractivity contribution < 1.29 is 4.79 Å². The Bertz CT molecular complexity index is 683. The van der Waals surface area contributed by atoms with Crippen LogP contribution in [-0.4, -0.2) is 22.2 Å². The minimum absolute atomic E-state index is 0.126. The lowest BCUT2D eigenvalue weighted by atomic mass is 10.1. The van der Waals surface area contributed by atoms with E-state index in [-0.39, 0.29) is 11.4 Å². The van der Waals surface area contributed by atoms with Gasteiger partial charge < -0.3 is 10.6 Å². The highest BCUT2D eigenvalue weighted by atomic mass is 16.1. The molecule has 0 unspecified atom stereocenters. The predicted octanol–water partition coefficient (Wildman–Crippen LogP) is 3.31. The van der Waals surface area contributed by atoms with Crippen molar-refractivity contribution in [1.29, 1.82) is 0 Å². The lowest BCUT2D eigenvalue weighted by molar-refractivity contribution is 0.102. The van der Waals surface area contributed by atoms with Crippen molar-refractivity contribution in [3.8, 4) is 0 Å². The number of hydrogen-bond acceptors (Lipinski definition) is 3. The summed E-state index contributed by atoms with van der Waals surface area (Å²) in [7, 11) is 0. The van der Waals surface area contributed by atoms with E-state index in [0.717, 1.165) is 30.0 Å². The first-order chi connectivity index (χ1) is 10.8. The zero-order valence-electron chi connectivity index (χ0n) is 14.6. The maximum atomic E-state index is 12.5. The molecular formula is C18H26N4O. The summed E-state index contributed by atoms with van der Waals surface area (Å²) in [4.78, 5) is 12.5. The molecule has 2 rings (SSSR count). The Morgan fingerprint density at radius 2 is 2.04 bits per heavy atom. The molecule has 0 bridgehead atoms. The van der Waals surface area contributed by atoms with Gasteiger partial charge in [-0.15, -0.1) is 0 Å². The maximum absolute atomic E-state index is 12.5. The van der Waals surface area contributed by atoms with Crippen LogP contribution in [0.25, 0.3) is 0 Å². The lowest BCUT2D eigenvalue weighted by Crippen LogP contribution is -2.25. The Labute approximate surface area is 138 Å². The lowest BCUT2D eigenvalue weighted by Gasteiger charge is -2.21. The third-order valence-electron chi connectivity index (χ3n) is 3.65. The van der Waals surface area contributed by atoms with Gasteiger partial charge in [-0.3, -0.25) is 9.48 Å². The molecule has 0 fully saturated rings. The standard InChI is InChI=1S/C18H26N4O/c1-6-19-11-14-8-7-9-15(10-14)21-17(23)16-12-20-22(13(16)2)18(3,4)5/h7-10,12,19H,6,11H2,1-5H3,(H,21,23). The largest absolute Gasteiger partial charge is 0.322 e. The third kappa shape index (κ3) is 4.20. The molecule has 0 aliphatic rings. The fourth-order valence-corrected chi connectivity index (χ4v) is 2.54. The molecular weight excluding hydrogens is 288 g/mol. The number of aromatic nitrogens is 2. The minimum atomic E-state index is -0.144. The number of amides is 1. The normalized spacial score (nSPS) is 11.5. The van der Waals surface area contributed by atoms with E-state index >= 15 is 0 Å². The number of nitrogens with one attached hydrogen (secondary N) is 2. The zero-order valence-corrected chi connectivity index (χ0v) is 14.6. The first-order valence-corrected chi connectivity index (χ1v) is 7.99. The Hall–Kier alpha value is -2.14. The molecule has 5 nitrogen and oxygen atoms in total. The molecule has 0 radical (unpaired) electrons. The second-order valence-electron chi connectivity index (χ2n) is 6.66. The van der Waals surface area contributed by atoms with E-state index < -0.39 is 0 Å². The summed E-state index contributed by atoms with van der Waals surface area (Å²) in [5.74, 6) is -0.126. The summed E-state index contributed by atoms with van der Waals surface area (Å²) in [5.41, 5.74) is 3.28. The fourth-order valence-electron chi connectivity index (χ4n) is 2.54. The van der Waals surface area contributed by atoms with Gasteiger partial charge in [0, 0.05) is 17.9 Å². The van der Waals surface area contributed by atoms with Crippen LogP contribution in [0.2, 0.25) is 0 Å².